The molecule has 0 aliphatic carbocycles. The van der Waals surface area contributed by atoms with Gasteiger partial charge in [-0.1, -0.05) is 13.3 Å². The Morgan fingerprint density at radius 3 is 2.35 bits per heavy atom. The molecule has 1 amide bonds. The van der Waals surface area contributed by atoms with Crippen molar-refractivity contribution < 1.29 is 4.79 Å². The zero-order valence-corrected chi connectivity index (χ0v) is 13.5. The lowest BCUT2D eigenvalue weighted by Crippen LogP contribution is -2.59. The van der Waals surface area contributed by atoms with Gasteiger partial charge in [0.1, 0.15) is 0 Å². The largest absolute Gasteiger partial charge is 0.359 e. The predicted octanol–water partition coefficient (Wildman–Crippen LogP) is 1.75. The van der Waals surface area contributed by atoms with Crippen LogP contribution >= 0.6 is 0 Å². The molecule has 4 heteroatoms. The van der Waals surface area contributed by atoms with Gasteiger partial charge in [-0.05, 0) is 46.1 Å². The van der Waals surface area contributed by atoms with E-state index in [4.69, 9.17) is 0 Å². The lowest BCUT2D eigenvalue weighted by atomic mass is 9.79. The second-order valence-electron chi connectivity index (χ2n) is 7.10. The Kier molecular flexibility index (Phi) is 5.08. The summed E-state index contributed by atoms with van der Waals surface area (Å²) >= 11 is 0. The zero-order valence-electron chi connectivity index (χ0n) is 13.5. The van der Waals surface area contributed by atoms with Crippen LogP contribution in [0, 0.1) is 5.41 Å². The van der Waals surface area contributed by atoms with E-state index in [1.54, 1.807) is 7.05 Å². The van der Waals surface area contributed by atoms with E-state index < -0.39 is 0 Å². The Balaban J connectivity index is 2.03. The van der Waals surface area contributed by atoms with E-state index in [9.17, 15) is 4.79 Å². The van der Waals surface area contributed by atoms with Crippen LogP contribution in [0.25, 0.3) is 0 Å². The summed E-state index contributed by atoms with van der Waals surface area (Å²) in [5, 5.41) is 6.44. The summed E-state index contributed by atoms with van der Waals surface area (Å²) in [5.41, 5.74) is -0.298. The van der Waals surface area contributed by atoms with Gasteiger partial charge in [0.15, 0.2) is 0 Å². The molecular formula is C16H31N3O. The quantitative estimate of drug-likeness (QED) is 0.807. The predicted molar refractivity (Wildman–Crippen MR) is 82.7 cm³/mol. The fraction of sp³-hybridized carbons (Fsp3) is 0.938. The van der Waals surface area contributed by atoms with Crippen molar-refractivity contribution in [2.24, 2.45) is 5.41 Å². The maximum absolute atomic E-state index is 12.0. The van der Waals surface area contributed by atoms with E-state index in [-0.39, 0.29) is 11.3 Å². The highest BCUT2D eigenvalue weighted by atomic mass is 16.2. The van der Waals surface area contributed by atoms with Crippen LogP contribution in [0.4, 0.5) is 0 Å². The summed E-state index contributed by atoms with van der Waals surface area (Å²) in [7, 11) is 1.74. The number of hydrogen-bond acceptors (Lipinski definition) is 3. The van der Waals surface area contributed by atoms with Crippen LogP contribution in [0.5, 0.6) is 0 Å². The number of carbonyl (C=O) groups excluding carboxylic acids is 1. The molecule has 2 heterocycles. The summed E-state index contributed by atoms with van der Waals surface area (Å²) in [6.07, 6.45) is 6.43. The molecule has 2 rings (SSSR count). The van der Waals surface area contributed by atoms with E-state index in [1.807, 2.05) is 0 Å². The molecule has 0 spiro atoms. The molecule has 2 N–H and O–H groups in total. The molecule has 0 saturated carbocycles. The van der Waals surface area contributed by atoms with Crippen molar-refractivity contribution in [1.82, 2.24) is 15.5 Å². The van der Waals surface area contributed by atoms with E-state index in [1.165, 1.54) is 32.1 Å². The van der Waals surface area contributed by atoms with Crippen LogP contribution in [-0.2, 0) is 4.79 Å². The first-order chi connectivity index (χ1) is 9.47. The van der Waals surface area contributed by atoms with Gasteiger partial charge < -0.3 is 10.6 Å². The van der Waals surface area contributed by atoms with Gasteiger partial charge in [-0.15, -0.1) is 0 Å². The summed E-state index contributed by atoms with van der Waals surface area (Å²) < 4.78 is 0. The minimum atomic E-state index is -0.298. The molecule has 2 saturated heterocycles. The summed E-state index contributed by atoms with van der Waals surface area (Å²) in [6, 6.07) is 2.00. The molecule has 2 bridgehead atoms. The van der Waals surface area contributed by atoms with Gasteiger partial charge in [-0.3, -0.25) is 9.69 Å². The Morgan fingerprint density at radius 2 is 1.85 bits per heavy atom. The average molecular weight is 281 g/mol. The van der Waals surface area contributed by atoms with E-state index in [0.29, 0.717) is 18.1 Å². The third-order valence-electron chi connectivity index (χ3n) is 5.04. The van der Waals surface area contributed by atoms with Crippen molar-refractivity contribution in [2.75, 3.05) is 20.1 Å². The van der Waals surface area contributed by atoms with Gasteiger partial charge in [0.05, 0.1) is 5.41 Å². The first-order valence-electron chi connectivity index (χ1n) is 8.19. The van der Waals surface area contributed by atoms with Crippen LogP contribution in [0.3, 0.4) is 0 Å². The fourth-order valence-corrected chi connectivity index (χ4v) is 4.06. The number of rotatable bonds is 5. The van der Waals surface area contributed by atoms with Crippen LogP contribution in [-0.4, -0.2) is 49.1 Å². The molecule has 2 atom stereocenters. The van der Waals surface area contributed by atoms with Crippen molar-refractivity contribution in [3.63, 3.8) is 0 Å². The van der Waals surface area contributed by atoms with Crippen molar-refractivity contribution in [3.05, 3.63) is 0 Å². The monoisotopic (exact) mass is 281 g/mol. The molecule has 2 aliphatic heterocycles. The van der Waals surface area contributed by atoms with E-state index >= 15 is 0 Å². The van der Waals surface area contributed by atoms with Gasteiger partial charge in [0.25, 0.3) is 0 Å². The van der Waals surface area contributed by atoms with E-state index in [0.717, 1.165) is 13.1 Å². The highest BCUT2D eigenvalue weighted by Crippen LogP contribution is 2.36. The number of amides is 1. The summed E-state index contributed by atoms with van der Waals surface area (Å²) in [6.45, 7) is 8.28. The Labute approximate surface area is 123 Å². The van der Waals surface area contributed by atoms with Crippen molar-refractivity contribution >= 4 is 5.91 Å². The molecule has 4 nitrogen and oxygen atoms in total. The van der Waals surface area contributed by atoms with Gasteiger partial charge in [0, 0.05) is 31.7 Å². The molecule has 0 aromatic rings. The Hall–Kier alpha value is -0.610. The van der Waals surface area contributed by atoms with E-state index in [2.05, 4.69) is 36.3 Å². The third-order valence-corrected chi connectivity index (χ3v) is 5.04. The Bertz CT molecular complexity index is 329. The van der Waals surface area contributed by atoms with Crippen LogP contribution < -0.4 is 10.6 Å². The molecular weight excluding hydrogens is 250 g/mol. The van der Waals surface area contributed by atoms with Gasteiger partial charge in [-0.25, -0.2) is 0 Å². The number of fused-ring (bicyclic) bond motifs is 2. The fourth-order valence-electron chi connectivity index (χ4n) is 4.06. The van der Waals surface area contributed by atoms with Crippen LogP contribution in [0.15, 0.2) is 0 Å². The van der Waals surface area contributed by atoms with Gasteiger partial charge in [-0.2, -0.15) is 0 Å². The van der Waals surface area contributed by atoms with Crippen LogP contribution in [0.1, 0.15) is 52.9 Å². The standard InChI is InChI=1S/C16H31N3O/c1-5-18-12-9-13-7-6-8-14(10-12)19(13)11-16(2,3)15(20)17-4/h12-14,18H,5-11H2,1-4H3,(H,17,20). The molecule has 116 valence electrons. The SMILES string of the molecule is CCNC1CC2CCCC(C1)N2CC(C)(C)C(=O)NC. The first kappa shape index (κ1) is 15.8. The minimum absolute atomic E-state index is 0.157. The maximum Gasteiger partial charge on any atom is 0.226 e. The second-order valence-corrected chi connectivity index (χ2v) is 7.10. The average Bonchev–Trinajstić information content (AvgIpc) is 2.38. The molecule has 2 fully saturated rings. The van der Waals surface area contributed by atoms with Crippen molar-refractivity contribution in [2.45, 2.75) is 71.0 Å². The van der Waals surface area contributed by atoms with Gasteiger partial charge >= 0.3 is 0 Å². The normalized spacial score (nSPS) is 31.1. The summed E-state index contributed by atoms with van der Waals surface area (Å²) in [5.74, 6) is 0.157. The third kappa shape index (κ3) is 3.34. The molecule has 20 heavy (non-hydrogen) atoms. The maximum atomic E-state index is 12.0. The molecule has 2 unspecified atom stereocenters. The second kappa shape index (κ2) is 6.44. The lowest BCUT2D eigenvalue weighted by Gasteiger charge is -2.51. The highest BCUT2D eigenvalue weighted by Gasteiger charge is 2.41. The molecule has 0 aromatic carbocycles. The Morgan fingerprint density at radius 1 is 1.25 bits per heavy atom. The van der Waals surface area contributed by atoms with Crippen LogP contribution in [0.2, 0.25) is 0 Å². The summed E-state index contributed by atoms with van der Waals surface area (Å²) in [4.78, 5) is 14.7. The highest BCUT2D eigenvalue weighted by molar-refractivity contribution is 5.81. The number of nitrogens with zero attached hydrogens (tertiary/aromatic N) is 1. The molecule has 2 aliphatic rings. The number of hydrogen-bond donors (Lipinski definition) is 2. The topological polar surface area (TPSA) is 44.4 Å². The first-order valence-corrected chi connectivity index (χ1v) is 8.19. The van der Waals surface area contributed by atoms with Crippen molar-refractivity contribution in [1.29, 1.82) is 0 Å². The minimum Gasteiger partial charge on any atom is -0.359 e. The zero-order chi connectivity index (χ0) is 14.8. The lowest BCUT2D eigenvalue weighted by molar-refractivity contribution is -0.131. The molecule has 0 radical (unpaired) electrons. The van der Waals surface area contributed by atoms with Gasteiger partial charge in [0.2, 0.25) is 5.91 Å². The number of carbonyl (C=O) groups is 1. The molecule has 0 aromatic heterocycles. The number of piperidine rings is 2. The van der Waals surface area contributed by atoms with Crippen molar-refractivity contribution in [3.8, 4) is 0 Å². The smallest absolute Gasteiger partial charge is 0.226 e. The number of nitrogens with one attached hydrogen (secondary N) is 2.